The van der Waals surface area contributed by atoms with Crippen LogP contribution in [0.25, 0.3) is 0 Å². The average Bonchev–Trinajstić information content (AvgIpc) is 2.49. The normalized spacial score (nSPS) is 18.9. The third-order valence-corrected chi connectivity index (χ3v) is 2.36. The zero-order valence-corrected chi connectivity index (χ0v) is 7.52. The Morgan fingerprint density at radius 1 is 1.00 bits per heavy atom. The van der Waals surface area contributed by atoms with Crippen molar-refractivity contribution in [1.29, 1.82) is 0 Å². The van der Waals surface area contributed by atoms with Crippen LogP contribution in [-0.4, -0.2) is 11.9 Å². The standard InChI is InChI=1S/C10H8O4/c1-10(7-5-3-2-4-6-7)8(11)13-14-9(10)12/h2-6H,1H3. The Bertz CT molecular complexity index is 366. The van der Waals surface area contributed by atoms with Crippen LogP contribution in [0.15, 0.2) is 30.3 Å². The quantitative estimate of drug-likeness (QED) is 0.491. The number of carbonyl (C=O) groups excluding carboxylic acids is 2. The number of hydrogen-bond acceptors (Lipinski definition) is 4. The monoisotopic (exact) mass is 192 g/mol. The van der Waals surface area contributed by atoms with E-state index < -0.39 is 17.4 Å². The molecule has 1 aliphatic rings. The van der Waals surface area contributed by atoms with Crippen LogP contribution in [0.3, 0.4) is 0 Å². The first-order valence-corrected chi connectivity index (χ1v) is 4.14. The van der Waals surface area contributed by atoms with Gasteiger partial charge in [-0.1, -0.05) is 30.3 Å². The average molecular weight is 192 g/mol. The SMILES string of the molecule is CC1(c2ccccc2)C(=O)OOC1=O. The zero-order chi connectivity index (χ0) is 10.2. The van der Waals surface area contributed by atoms with Crippen molar-refractivity contribution in [3.63, 3.8) is 0 Å². The molecule has 1 aromatic carbocycles. The molecule has 0 amide bonds. The third kappa shape index (κ3) is 1.00. The highest BCUT2D eigenvalue weighted by Crippen LogP contribution is 2.31. The second-order valence-corrected chi connectivity index (χ2v) is 3.23. The van der Waals surface area contributed by atoms with Crippen LogP contribution < -0.4 is 0 Å². The number of rotatable bonds is 1. The number of carbonyl (C=O) groups is 2. The maximum absolute atomic E-state index is 11.3. The van der Waals surface area contributed by atoms with E-state index in [-0.39, 0.29) is 0 Å². The summed E-state index contributed by atoms with van der Waals surface area (Å²) in [5.41, 5.74) is -0.742. The van der Waals surface area contributed by atoms with Gasteiger partial charge in [-0.15, -0.1) is 0 Å². The van der Waals surface area contributed by atoms with Gasteiger partial charge >= 0.3 is 11.9 Å². The second kappa shape index (κ2) is 2.83. The van der Waals surface area contributed by atoms with E-state index in [1.165, 1.54) is 6.92 Å². The molecule has 0 spiro atoms. The van der Waals surface area contributed by atoms with Crippen molar-refractivity contribution in [3.05, 3.63) is 35.9 Å². The minimum atomic E-state index is -1.32. The van der Waals surface area contributed by atoms with Crippen LogP contribution in [0.1, 0.15) is 12.5 Å². The molecule has 1 saturated heterocycles. The van der Waals surface area contributed by atoms with E-state index in [9.17, 15) is 9.59 Å². The summed E-state index contributed by atoms with van der Waals surface area (Å²) in [4.78, 5) is 31.2. The van der Waals surface area contributed by atoms with Gasteiger partial charge in [-0.3, -0.25) is 0 Å². The van der Waals surface area contributed by atoms with Crippen LogP contribution in [-0.2, 0) is 24.8 Å². The zero-order valence-electron chi connectivity index (χ0n) is 7.52. The maximum Gasteiger partial charge on any atom is 0.377 e. The summed E-state index contributed by atoms with van der Waals surface area (Å²) < 4.78 is 0. The molecular formula is C10H8O4. The van der Waals surface area contributed by atoms with E-state index in [4.69, 9.17) is 0 Å². The first-order chi connectivity index (χ1) is 6.65. The first kappa shape index (κ1) is 8.74. The molecule has 0 aromatic heterocycles. The van der Waals surface area contributed by atoms with Crippen molar-refractivity contribution in [3.8, 4) is 0 Å². The lowest BCUT2D eigenvalue weighted by Gasteiger charge is -2.12. The Hall–Kier alpha value is -1.84. The summed E-state index contributed by atoms with van der Waals surface area (Å²) in [7, 11) is 0. The Morgan fingerprint density at radius 3 is 2.00 bits per heavy atom. The van der Waals surface area contributed by atoms with Crippen molar-refractivity contribution in [1.82, 2.24) is 0 Å². The molecular weight excluding hydrogens is 184 g/mol. The van der Waals surface area contributed by atoms with Crippen LogP contribution in [0.4, 0.5) is 0 Å². The first-order valence-electron chi connectivity index (χ1n) is 4.14. The van der Waals surface area contributed by atoms with Gasteiger partial charge in [0.2, 0.25) is 0 Å². The van der Waals surface area contributed by atoms with E-state index in [1.807, 2.05) is 0 Å². The van der Waals surface area contributed by atoms with Crippen molar-refractivity contribution in [2.24, 2.45) is 0 Å². The van der Waals surface area contributed by atoms with Crippen LogP contribution >= 0.6 is 0 Å². The summed E-state index contributed by atoms with van der Waals surface area (Å²) in [6, 6.07) is 8.68. The van der Waals surface area contributed by atoms with Crippen molar-refractivity contribution in [2.75, 3.05) is 0 Å². The molecule has 0 aliphatic carbocycles. The van der Waals surface area contributed by atoms with Crippen LogP contribution in [0.2, 0.25) is 0 Å². The molecule has 1 heterocycles. The molecule has 72 valence electrons. The van der Waals surface area contributed by atoms with Crippen molar-refractivity contribution >= 4 is 11.9 Å². The van der Waals surface area contributed by atoms with Crippen molar-refractivity contribution < 1.29 is 19.4 Å². The fraction of sp³-hybridized carbons (Fsp3) is 0.200. The van der Waals surface area contributed by atoms with E-state index in [0.717, 1.165) is 0 Å². The molecule has 0 saturated carbocycles. The molecule has 0 atom stereocenters. The number of hydrogen-bond donors (Lipinski definition) is 0. The van der Waals surface area contributed by atoms with Crippen molar-refractivity contribution in [2.45, 2.75) is 12.3 Å². The third-order valence-electron chi connectivity index (χ3n) is 2.36. The molecule has 1 aliphatic heterocycles. The highest BCUT2D eigenvalue weighted by atomic mass is 17.2. The van der Waals surface area contributed by atoms with Gasteiger partial charge in [0.15, 0.2) is 5.41 Å². The molecule has 2 rings (SSSR count). The topological polar surface area (TPSA) is 52.6 Å². The largest absolute Gasteiger partial charge is 0.377 e. The van der Waals surface area contributed by atoms with Crippen LogP contribution in [0.5, 0.6) is 0 Å². The lowest BCUT2D eigenvalue weighted by atomic mass is 9.83. The predicted molar refractivity (Wildman–Crippen MR) is 46.0 cm³/mol. The Morgan fingerprint density at radius 2 is 1.50 bits per heavy atom. The maximum atomic E-state index is 11.3. The molecule has 1 aromatic rings. The summed E-state index contributed by atoms with van der Waals surface area (Å²) in [6.45, 7) is 1.49. The van der Waals surface area contributed by atoms with E-state index in [2.05, 4.69) is 9.78 Å². The molecule has 4 heteroatoms. The highest BCUT2D eigenvalue weighted by molar-refractivity contribution is 6.08. The van der Waals surface area contributed by atoms with Gasteiger partial charge in [-0.25, -0.2) is 19.4 Å². The molecule has 0 bridgehead atoms. The van der Waals surface area contributed by atoms with Gasteiger partial charge in [-0.05, 0) is 12.5 Å². The van der Waals surface area contributed by atoms with Gasteiger partial charge in [-0.2, -0.15) is 0 Å². The summed E-state index contributed by atoms with van der Waals surface area (Å²) in [5, 5.41) is 0. The van der Waals surface area contributed by atoms with E-state index in [1.54, 1.807) is 30.3 Å². The van der Waals surface area contributed by atoms with E-state index in [0.29, 0.717) is 5.56 Å². The molecule has 14 heavy (non-hydrogen) atoms. The molecule has 0 radical (unpaired) electrons. The summed E-state index contributed by atoms with van der Waals surface area (Å²) in [6.07, 6.45) is 0. The second-order valence-electron chi connectivity index (χ2n) is 3.23. The fourth-order valence-electron chi connectivity index (χ4n) is 1.33. The van der Waals surface area contributed by atoms with Gasteiger partial charge in [0.05, 0.1) is 0 Å². The predicted octanol–water partition coefficient (Wildman–Crippen LogP) is 0.959. The minimum Gasteiger partial charge on any atom is -0.246 e. The minimum absolute atomic E-state index is 0.576. The number of benzene rings is 1. The highest BCUT2D eigenvalue weighted by Gasteiger charge is 2.53. The molecule has 0 N–H and O–H groups in total. The molecule has 4 nitrogen and oxygen atoms in total. The Labute approximate surface area is 80.4 Å². The van der Waals surface area contributed by atoms with Gasteiger partial charge in [0.1, 0.15) is 0 Å². The summed E-state index contributed by atoms with van der Waals surface area (Å²) in [5.74, 6) is -1.34. The van der Waals surface area contributed by atoms with Gasteiger partial charge in [0, 0.05) is 0 Å². The lowest BCUT2D eigenvalue weighted by molar-refractivity contribution is -0.235. The summed E-state index contributed by atoms with van der Waals surface area (Å²) >= 11 is 0. The Kier molecular flexibility index (Phi) is 1.77. The molecule has 1 fully saturated rings. The van der Waals surface area contributed by atoms with Gasteiger partial charge < -0.3 is 0 Å². The fourth-order valence-corrected chi connectivity index (χ4v) is 1.33. The van der Waals surface area contributed by atoms with E-state index >= 15 is 0 Å². The molecule has 0 unspecified atom stereocenters. The Balaban J connectivity index is 2.51. The van der Waals surface area contributed by atoms with Gasteiger partial charge in [0.25, 0.3) is 0 Å². The van der Waals surface area contributed by atoms with Crippen LogP contribution in [0, 0.1) is 0 Å². The lowest BCUT2D eigenvalue weighted by Crippen LogP contribution is -2.34. The smallest absolute Gasteiger partial charge is 0.246 e.